The molecule has 0 spiro atoms. The Balaban J connectivity index is 1.89. The van der Waals surface area contributed by atoms with Crippen molar-refractivity contribution in [3.63, 3.8) is 0 Å². The summed E-state index contributed by atoms with van der Waals surface area (Å²) in [4.78, 5) is 17.1. The van der Waals surface area contributed by atoms with Crippen LogP contribution in [0.25, 0.3) is 0 Å². The molecular formula is C15H19N3OS. The molecule has 2 aromatic heterocycles. The average Bonchev–Trinajstić information content (AvgIpc) is 3.08. The highest BCUT2D eigenvalue weighted by molar-refractivity contribution is 7.12. The Morgan fingerprint density at radius 3 is 2.85 bits per heavy atom. The van der Waals surface area contributed by atoms with Crippen LogP contribution in [0, 0.1) is 13.8 Å². The van der Waals surface area contributed by atoms with Gasteiger partial charge in [-0.3, -0.25) is 9.48 Å². The van der Waals surface area contributed by atoms with Crippen LogP contribution in [0.3, 0.4) is 0 Å². The lowest BCUT2D eigenvalue weighted by molar-refractivity contribution is 0.0735. The molecule has 106 valence electrons. The summed E-state index contributed by atoms with van der Waals surface area (Å²) in [5, 5.41) is 4.23. The third kappa shape index (κ3) is 2.26. The first-order valence-electron chi connectivity index (χ1n) is 6.93. The minimum absolute atomic E-state index is 0.165. The molecule has 0 aromatic carbocycles. The van der Waals surface area contributed by atoms with Crippen molar-refractivity contribution in [3.8, 4) is 0 Å². The molecule has 1 aliphatic rings. The van der Waals surface area contributed by atoms with Gasteiger partial charge < -0.3 is 4.90 Å². The first-order valence-corrected chi connectivity index (χ1v) is 7.74. The van der Waals surface area contributed by atoms with Crippen molar-refractivity contribution in [2.45, 2.75) is 32.7 Å². The number of carbonyl (C=O) groups excluding carboxylic acids is 1. The van der Waals surface area contributed by atoms with E-state index in [-0.39, 0.29) is 11.9 Å². The van der Waals surface area contributed by atoms with E-state index in [1.165, 1.54) is 4.88 Å². The van der Waals surface area contributed by atoms with Gasteiger partial charge in [0, 0.05) is 35.1 Å². The fourth-order valence-corrected chi connectivity index (χ4v) is 3.88. The molecule has 4 nitrogen and oxygen atoms in total. The largest absolute Gasteiger partial charge is 0.331 e. The molecule has 0 bridgehead atoms. The predicted molar refractivity (Wildman–Crippen MR) is 80.0 cm³/mol. The molecular weight excluding hydrogens is 270 g/mol. The molecule has 0 unspecified atom stereocenters. The zero-order valence-electron chi connectivity index (χ0n) is 12.1. The van der Waals surface area contributed by atoms with Crippen molar-refractivity contribution in [2.24, 2.45) is 7.05 Å². The van der Waals surface area contributed by atoms with Gasteiger partial charge in [-0.15, -0.1) is 11.3 Å². The fraction of sp³-hybridized carbons (Fsp3) is 0.467. The summed E-state index contributed by atoms with van der Waals surface area (Å²) in [5.74, 6) is 0.165. The Morgan fingerprint density at radius 1 is 1.45 bits per heavy atom. The van der Waals surface area contributed by atoms with Crippen LogP contribution in [-0.2, 0) is 7.05 Å². The number of likely N-dealkylation sites (tertiary alicyclic amines) is 1. The van der Waals surface area contributed by atoms with Crippen LogP contribution in [0.15, 0.2) is 18.5 Å². The summed E-state index contributed by atoms with van der Waals surface area (Å²) >= 11 is 1.69. The number of nitrogens with zero attached hydrogens (tertiary/aromatic N) is 3. The van der Waals surface area contributed by atoms with Crippen molar-refractivity contribution in [1.82, 2.24) is 14.7 Å². The molecule has 1 saturated heterocycles. The van der Waals surface area contributed by atoms with E-state index in [1.807, 2.05) is 37.3 Å². The maximum atomic E-state index is 12.8. The Hall–Kier alpha value is -1.62. The summed E-state index contributed by atoms with van der Waals surface area (Å²) in [6.45, 7) is 4.92. The molecule has 2 aromatic rings. The Bertz CT molecular complexity index is 643. The zero-order chi connectivity index (χ0) is 14.3. The molecule has 0 radical (unpaired) electrons. The maximum Gasteiger partial charge on any atom is 0.255 e. The van der Waals surface area contributed by atoms with Crippen molar-refractivity contribution >= 4 is 17.2 Å². The van der Waals surface area contributed by atoms with Crippen molar-refractivity contribution in [2.75, 3.05) is 6.54 Å². The number of thiophene rings is 1. The Labute approximate surface area is 123 Å². The van der Waals surface area contributed by atoms with Crippen LogP contribution in [0.1, 0.15) is 44.6 Å². The lowest BCUT2D eigenvalue weighted by Gasteiger charge is -2.23. The van der Waals surface area contributed by atoms with Crippen molar-refractivity contribution < 1.29 is 4.79 Å². The third-order valence-corrected chi connectivity index (χ3v) is 4.86. The predicted octanol–water partition coefficient (Wildman–Crippen LogP) is 3.08. The van der Waals surface area contributed by atoms with Gasteiger partial charge in [0.2, 0.25) is 0 Å². The van der Waals surface area contributed by atoms with Crippen molar-refractivity contribution in [1.29, 1.82) is 0 Å². The number of hydrogen-bond donors (Lipinski definition) is 0. The van der Waals surface area contributed by atoms with E-state index < -0.39 is 0 Å². The first-order chi connectivity index (χ1) is 9.56. The van der Waals surface area contributed by atoms with Gasteiger partial charge in [-0.05, 0) is 32.8 Å². The smallest absolute Gasteiger partial charge is 0.255 e. The van der Waals surface area contributed by atoms with Gasteiger partial charge in [0.05, 0.1) is 17.8 Å². The first kappa shape index (κ1) is 13.4. The molecule has 3 rings (SSSR count). The standard InChI is InChI=1S/C15H19N3OS/c1-10-7-13(11(2)20-10)15(19)18-6-4-5-14(18)12-8-16-17(3)9-12/h7-9,14H,4-6H2,1-3H3/t14-/m1/s1. The van der Waals surface area contributed by atoms with Crippen LogP contribution in [-0.4, -0.2) is 27.1 Å². The second kappa shape index (κ2) is 5.05. The van der Waals surface area contributed by atoms with Gasteiger partial charge in [-0.1, -0.05) is 0 Å². The molecule has 1 fully saturated rings. The Morgan fingerprint density at radius 2 is 2.25 bits per heavy atom. The molecule has 0 aliphatic carbocycles. The summed E-state index contributed by atoms with van der Waals surface area (Å²) in [6.07, 6.45) is 5.98. The van der Waals surface area contributed by atoms with E-state index >= 15 is 0 Å². The molecule has 1 amide bonds. The number of hydrogen-bond acceptors (Lipinski definition) is 3. The summed E-state index contributed by atoms with van der Waals surface area (Å²) in [7, 11) is 1.91. The maximum absolute atomic E-state index is 12.8. The zero-order valence-corrected chi connectivity index (χ0v) is 12.9. The van der Waals surface area contributed by atoms with Crippen LogP contribution >= 0.6 is 11.3 Å². The van der Waals surface area contributed by atoms with Crippen molar-refractivity contribution in [3.05, 3.63) is 39.3 Å². The van der Waals surface area contributed by atoms with Crippen LogP contribution < -0.4 is 0 Å². The quantitative estimate of drug-likeness (QED) is 0.852. The summed E-state index contributed by atoms with van der Waals surface area (Å²) in [5.41, 5.74) is 2.01. The second-order valence-corrected chi connectivity index (χ2v) is 6.89. The van der Waals surface area contributed by atoms with Crippen LogP contribution in [0.4, 0.5) is 0 Å². The number of aryl methyl sites for hydroxylation is 3. The van der Waals surface area contributed by atoms with Gasteiger partial charge >= 0.3 is 0 Å². The second-order valence-electron chi connectivity index (χ2n) is 5.43. The van der Waals surface area contributed by atoms with E-state index in [4.69, 9.17) is 0 Å². The van der Waals surface area contributed by atoms with Gasteiger partial charge in [-0.25, -0.2) is 0 Å². The highest BCUT2D eigenvalue weighted by Crippen LogP contribution is 2.34. The van der Waals surface area contributed by atoms with E-state index in [9.17, 15) is 4.79 Å². The SMILES string of the molecule is Cc1cc(C(=O)N2CCC[C@@H]2c2cnn(C)c2)c(C)s1. The molecule has 0 saturated carbocycles. The van der Waals surface area contributed by atoms with Crippen LogP contribution in [0.2, 0.25) is 0 Å². The van der Waals surface area contributed by atoms with Gasteiger partial charge in [0.15, 0.2) is 0 Å². The summed E-state index contributed by atoms with van der Waals surface area (Å²) in [6, 6.07) is 2.19. The highest BCUT2D eigenvalue weighted by Gasteiger charge is 2.32. The van der Waals surface area contributed by atoms with Gasteiger partial charge in [-0.2, -0.15) is 5.10 Å². The van der Waals surface area contributed by atoms with Gasteiger partial charge in [0.1, 0.15) is 0 Å². The number of aromatic nitrogens is 2. The number of carbonyl (C=O) groups is 1. The lowest BCUT2D eigenvalue weighted by Crippen LogP contribution is -2.30. The number of amides is 1. The summed E-state index contributed by atoms with van der Waals surface area (Å²) < 4.78 is 1.80. The highest BCUT2D eigenvalue weighted by atomic mass is 32.1. The molecule has 1 aliphatic heterocycles. The normalized spacial score (nSPS) is 18.8. The molecule has 0 N–H and O–H groups in total. The molecule has 3 heterocycles. The molecule has 20 heavy (non-hydrogen) atoms. The molecule has 1 atom stereocenters. The van der Waals surface area contributed by atoms with E-state index in [1.54, 1.807) is 16.0 Å². The Kier molecular flexibility index (Phi) is 3.38. The lowest BCUT2D eigenvalue weighted by atomic mass is 10.1. The monoisotopic (exact) mass is 289 g/mol. The van der Waals surface area contributed by atoms with Crippen LogP contribution in [0.5, 0.6) is 0 Å². The van der Waals surface area contributed by atoms with E-state index in [0.717, 1.165) is 35.4 Å². The fourth-order valence-electron chi connectivity index (χ4n) is 2.97. The van der Waals surface area contributed by atoms with Gasteiger partial charge in [0.25, 0.3) is 5.91 Å². The third-order valence-electron chi connectivity index (χ3n) is 3.89. The topological polar surface area (TPSA) is 38.1 Å². The number of rotatable bonds is 2. The average molecular weight is 289 g/mol. The minimum atomic E-state index is 0.165. The minimum Gasteiger partial charge on any atom is -0.331 e. The van der Waals surface area contributed by atoms with E-state index in [0.29, 0.717) is 0 Å². The molecule has 5 heteroatoms. The van der Waals surface area contributed by atoms with E-state index in [2.05, 4.69) is 12.0 Å².